The van der Waals surface area contributed by atoms with Crippen LogP contribution in [-0.4, -0.2) is 28.8 Å². The maximum Gasteiger partial charge on any atom is 0.340 e. The first kappa shape index (κ1) is 41.8. The van der Waals surface area contributed by atoms with Crippen molar-refractivity contribution in [1.29, 1.82) is 0 Å². The molecule has 0 amide bonds. The molecule has 0 radical (unpaired) electrons. The normalized spacial score (nSPS) is 21.4. The molecule has 1 N–H and O–H groups in total. The Morgan fingerprint density at radius 3 is 2.41 bits per heavy atom. The largest absolute Gasteiger partial charge is 0.482 e. The van der Waals surface area contributed by atoms with Gasteiger partial charge in [-0.25, -0.2) is 9.59 Å². The molecule has 0 aliphatic carbocycles. The summed E-state index contributed by atoms with van der Waals surface area (Å²) in [6.07, 6.45) is 2.37. The van der Waals surface area contributed by atoms with Crippen molar-refractivity contribution >= 4 is 22.9 Å². The Balaban J connectivity index is 1.25. The molecule has 8 rings (SSSR count). The number of benzene rings is 4. The van der Waals surface area contributed by atoms with Crippen LogP contribution in [0.2, 0.25) is 0 Å². The van der Waals surface area contributed by atoms with Crippen molar-refractivity contribution in [2.75, 3.05) is 0 Å². The van der Waals surface area contributed by atoms with Crippen LogP contribution >= 0.6 is 0 Å². The zero-order valence-corrected chi connectivity index (χ0v) is 35.8. The summed E-state index contributed by atoms with van der Waals surface area (Å²) in [6, 6.07) is 29.1. The number of carbonyl (C=O) groups excluding carboxylic acids is 2. The fraction of sp³-hybridized carbons (Fsp3) is 0.377. The van der Waals surface area contributed by atoms with Crippen LogP contribution in [0, 0.1) is 17.8 Å². The Morgan fingerprint density at radius 2 is 1.64 bits per heavy atom. The Morgan fingerprint density at radius 1 is 0.852 bits per heavy atom. The summed E-state index contributed by atoms with van der Waals surface area (Å²) in [5, 5.41) is 11.2. The first-order valence-electron chi connectivity index (χ1n) is 21.6. The van der Waals surface area contributed by atoms with E-state index in [1.165, 1.54) is 16.7 Å². The number of ether oxygens (including phenoxy) is 3. The van der Waals surface area contributed by atoms with Gasteiger partial charge in [0, 0.05) is 29.4 Å². The van der Waals surface area contributed by atoms with Crippen LogP contribution in [0.1, 0.15) is 122 Å². The van der Waals surface area contributed by atoms with Gasteiger partial charge in [-0.05, 0) is 122 Å². The van der Waals surface area contributed by atoms with E-state index in [1.807, 2.05) is 40.7 Å². The third-order valence-corrected chi connectivity index (χ3v) is 12.6. The van der Waals surface area contributed by atoms with Gasteiger partial charge in [0.2, 0.25) is 0 Å². The third kappa shape index (κ3) is 8.81. The molecular formula is C53H54O8. The standard InChI is InChI=1S/C53H54O8/c1-32(2)41-22-20-36-19-21-40-29-38(18-17-35-14-11-15-37(27-35)26-34-12-7-6-8-13-34)30-45(55)58-49-47-44(24-23-42-43(31-54)46(33(3)4)52(57)59-48(42)47)61-53(5,50(49)60-51(41)56)25-10-9-16-39(40)28-36/h6-8,11-15,19,21,23-24,27-28,33,38,49-50,54H,16-18,20,22,25-26,29-31H2,1-5H3/t38-,49-,50+,53+/m0/s1. The summed E-state index contributed by atoms with van der Waals surface area (Å²) in [5.41, 5.74) is 7.70. The highest BCUT2D eigenvalue weighted by Gasteiger charge is 2.53. The van der Waals surface area contributed by atoms with Gasteiger partial charge in [0.15, 0.2) is 17.8 Å². The SMILES string of the molecule is CC(C)=C1CCc2ccc3c(c2)CC#CC[C@@]2(C)Oc4ccc5c(CO)c(C(C)C)c(=O)oc5c4[C@H](OC(=O)C[C@@H](CCc4cccc(Cc5ccccc5)c4)C3)[C@H]2OC1=O. The number of rotatable bonds is 7. The molecule has 8 heteroatoms. The van der Waals surface area contributed by atoms with Crippen molar-refractivity contribution in [1.82, 2.24) is 0 Å². The minimum atomic E-state index is -1.28. The highest BCUT2D eigenvalue weighted by atomic mass is 16.6. The molecule has 4 aromatic carbocycles. The highest BCUT2D eigenvalue weighted by molar-refractivity contribution is 5.90. The molecule has 314 valence electrons. The van der Waals surface area contributed by atoms with Gasteiger partial charge in [0.25, 0.3) is 0 Å². The Kier molecular flexibility index (Phi) is 12.1. The van der Waals surface area contributed by atoms with E-state index in [0.29, 0.717) is 53.5 Å². The van der Waals surface area contributed by atoms with Gasteiger partial charge in [-0.15, -0.1) is 0 Å². The van der Waals surface area contributed by atoms with Crippen LogP contribution in [0.3, 0.4) is 0 Å². The van der Waals surface area contributed by atoms with Crippen molar-refractivity contribution in [3.63, 3.8) is 0 Å². The smallest absolute Gasteiger partial charge is 0.340 e. The summed E-state index contributed by atoms with van der Waals surface area (Å²) in [6.45, 7) is 8.95. The van der Waals surface area contributed by atoms with E-state index in [4.69, 9.17) is 18.6 Å². The molecule has 1 aromatic heterocycles. The number of carbonyl (C=O) groups is 2. The number of hydrogen-bond donors (Lipinski definition) is 1. The maximum atomic E-state index is 14.7. The van der Waals surface area contributed by atoms with E-state index in [2.05, 4.69) is 78.6 Å². The minimum Gasteiger partial charge on any atom is -0.482 e. The Hall–Kier alpha value is -5.91. The summed E-state index contributed by atoms with van der Waals surface area (Å²) < 4.78 is 26.1. The molecule has 0 spiro atoms. The van der Waals surface area contributed by atoms with Crippen molar-refractivity contribution < 1.29 is 33.3 Å². The lowest BCUT2D eigenvalue weighted by atomic mass is 9.82. The molecule has 5 bridgehead atoms. The second-order valence-electron chi connectivity index (χ2n) is 17.7. The van der Waals surface area contributed by atoms with E-state index in [1.54, 1.807) is 12.1 Å². The number of allylic oxidation sites excluding steroid dienone is 1. The molecule has 0 saturated carbocycles. The average Bonchev–Trinajstić information content (AvgIpc) is 3.22. The molecule has 0 fully saturated rings. The van der Waals surface area contributed by atoms with Gasteiger partial charge in [0.05, 0.1) is 18.6 Å². The van der Waals surface area contributed by atoms with Crippen LogP contribution in [0.5, 0.6) is 5.75 Å². The fourth-order valence-electron chi connectivity index (χ4n) is 9.40. The number of esters is 2. The lowest BCUT2D eigenvalue weighted by Gasteiger charge is -2.44. The zero-order chi connectivity index (χ0) is 42.8. The molecular weight excluding hydrogens is 765 g/mol. The first-order valence-corrected chi connectivity index (χ1v) is 21.6. The van der Waals surface area contributed by atoms with Crippen molar-refractivity contribution in [2.24, 2.45) is 5.92 Å². The number of aryl methyl sites for hydroxylation is 2. The number of aliphatic hydroxyl groups excluding tert-OH is 1. The van der Waals surface area contributed by atoms with E-state index < -0.39 is 42.0 Å². The van der Waals surface area contributed by atoms with Gasteiger partial charge in [-0.2, -0.15) is 0 Å². The van der Waals surface area contributed by atoms with E-state index in [-0.39, 0.29) is 35.8 Å². The van der Waals surface area contributed by atoms with E-state index in [9.17, 15) is 19.5 Å². The van der Waals surface area contributed by atoms with Crippen LogP contribution in [0.4, 0.5) is 0 Å². The van der Waals surface area contributed by atoms with Gasteiger partial charge >= 0.3 is 17.6 Å². The molecule has 0 saturated heterocycles. The number of aliphatic hydroxyl groups is 1. The predicted octanol–water partition coefficient (Wildman–Crippen LogP) is 9.76. The van der Waals surface area contributed by atoms with Crippen molar-refractivity contribution in [3.05, 3.63) is 157 Å². The topological polar surface area (TPSA) is 112 Å². The number of hydrogen-bond acceptors (Lipinski definition) is 8. The summed E-state index contributed by atoms with van der Waals surface area (Å²) in [7, 11) is 0. The molecule has 0 unspecified atom stereocenters. The second-order valence-corrected chi connectivity index (χ2v) is 17.7. The van der Waals surface area contributed by atoms with Crippen molar-refractivity contribution in [2.45, 2.75) is 123 Å². The molecule has 4 atom stereocenters. The molecule has 61 heavy (non-hydrogen) atoms. The lowest BCUT2D eigenvalue weighted by molar-refractivity contribution is -0.190. The second kappa shape index (κ2) is 17.6. The monoisotopic (exact) mass is 818 g/mol. The molecule has 3 aliphatic rings. The molecule has 8 nitrogen and oxygen atoms in total. The maximum absolute atomic E-state index is 14.7. The lowest BCUT2D eigenvalue weighted by Crippen LogP contribution is -2.54. The van der Waals surface area contributed by atoms with Crippen molar-refractivity contribution in [3.8, 4) is 17.6 Å². The van der Waals surface area contributed by atoms with Gasteiger partial charge < -0.3 is 23.7 Å². The summed E-state index contributed by atoms with van der Waals surface area (Å²) in [4.78, 5) is 42.8. The predicted molar refractivity (Wildman–Crippen MR) is 235 cm³/mol. The molecule has 4 heterocycles. The minimum absolute atomic E-state index is 0.0912. The van der Waals surface area contributed by atoms with E-state index in [0.717, 1.165) is 41.5 Å². The zero-order valence-electron chi connectivity index (χ0n) is 35.8. The fourth-order valence-corrected chi connectivity index (χ4v) is 9.40. The third-order valence-electron chi connectivity index (χ3n) is 12.6. The average molecular weight is 819 g/mol. The van der Waals surface area contributed by atoms with Crippen LogP contribution in [0.25, 0.3) is 11.0 Å². The van der Waals surface area contributed by atoms with Gasteiger partial charge in [0.1, 0.15) is 11.3 Å². The van der Waals surface area contributed by atoms with Crippen LogP contribution in [0.15, 0.2) is 105 Å². The molecule has 3 aliphatic heterocycles. The van der Waals surface area contributed by atoms with Gasteiger partial charge in [-0.1, -0.05) is 104 Å². The van der Waals surface area contributed by atoms with Crippen LogP contribution < -0.4 is 10.4 Å². The van der Waals surface area contributed by atoms with Crippen LogP contribution in [-0.2, 0) is 57.8 Å². The Labute approximate surface area is 357 Å². The quantitative estimate of drug-likeness (QED) is 0.0748. The summed E-state index contributed by atoms with van der Waals surface area (Å²) in [5.74, 6) is 5.75. The first-order chi connectivity index (χ1) is 29.4. The van der Waals surface area contributed by atoms with Gasteiger partial charge in [-0.3, -0.25) is 4.79 Å². The number of fused-ring (bicyclic) bond motifs is 7. The molecule has 5 aromatic rings. The van der Waals surface area contributed by atoms with E-state index >= 15 is 0 Å². The Bertz CT molecular complexity index is 2640. The summed E-state index contributed by atoms with van der Waals surface area (Å²) >= 11 is 0. The highest BCUT2D eigenvalue weighted by Crippen LogP contribution is 2.49.